The summed E-state index contributed by atoms with van der Waals surface area (Å²) >= 11 is 0. The molecule has 96 valence electrons. The first-order valence-electron chi connectivity index (χ1n) is 5.75. The quantitative estimate of drug-likeness (QED) is 0.803. The molecule has 1 aromatic rings. The van der Waals surface area contributed by atoms with Gasteiger partial charge in [-0.05, 0) is 5.56 Å². The zero-order chi connectivity index (χ0) is 13.0. The first-order chi connectivity index (χ1) is 8.70. The van der Waals surface area contributed by atoms with Crippen LogP contribution in [0.25, 0.3) is 0 Å². The lowest BCUT2D eigenvalue weighted by Crippen LogP contribution is -2.47. The lowest BCUT2D eigenvalue weighted by Gasteiger charge is -2.29. The zero-order valence-corrected chi connectivity index (χ0v) is 10.1. The van der Waals surface area contributed by atoms with E-state index in [1.807, 2.05) is 30.3 Å². The molecule has 0 bridgehead atoms. The topological polar surface area (TPSA) is 64.6 Å². The van der Waals surface area contributed by atoms with Gasteiger partial charge in [-0.25, -0.2) is 4.79 Å². The number of cyclic esters (lactones) is 1. The molecule has 1 heterocycles. The average molecular weight is 249 g/mol. The molecule has 0 unspecified atom stereocenters. The van der Waals surface area contributed by atoms with E-state index < -0.39 is 6.04 Å². The van der Waals surface area contributed by atoms with E-state index in [0.29, 0.717) is 0 Å². The summed E-state index contributed by atoms with van der Waals surface area (Å²) in [5, 5.41) is 3.11. The molecule has 1 saturated heterocycles. The predicted molar refractivity (Wildman–Crippen MR) is 63.7 cm³/mol. The molecule has 1 aliphatic rings. The van der Waals surface area contributed by atoms with Crippen molar-refractivity contribution in [3.63, 3.8) is 0 Å². The fourth-order valence-corrected chi connectivity index (χ4v) is 1.90. The number of ether oxygens (including phenoxy) is 2. The van der Waals surface area contributed by atoms with Crippen molar-refractivity contribution in [1.82, 2.24) is 5.32 Å². The highest BCUT2D eigenvalue weighted by Gasteiger charge is 2.31. The SMILES string of the molecule is COC(=O)C[C@@H]1COC(=O)[C@H](c2ccccc2)N1. The van der Waals surface area contributed by atoms with Gasteiger partial charge >= 0.3 is 11.9 Å². The molecule has 2 rings (SSSR count). The standard InChI is InChI=1S/C13H15NO4/c1-17-11(15)7-10-8-18-13(16)12(14-10)9-5-3-2-4-6-9/h2-6,10,12,14H,7-8H2,1H3/t10-,12+/m1/s1. The highest BCUT2D eigenvalue weighted by molar-refractivity contribution is 5.79. The molecule has 5 heteroatoms. The average Bonchev–Trinajstić information content (AvgIpc) is 2.42. The first kappa shape index (κ1) is 12.6. The van der Waals surface area contributed by atoms with E-state index in [0.717, 1.165) is 5.56 Å². The Morgan fingerprint density at radius 1 is 1.44 bits per heavy atom. The van der Waals surface area contributed by atoms with Gasteiger partial charge in [-0.1, -0.05) is 30.3 Å². The third-order valence-corrected chi connectivity index (χ3v) is 2.84. The Labute approximate surface area is 105 Å². The van der Waals surface area contributed by atoms with Crippen molar-refractivity contribution in [2.45, 2.75) is 18.5 Å². The number of carbonyl (C=O) groups excluding carboxylic acids is 2. The molecule has 0 aromatic heterocycles. The van der Waals surface area contributed by atoms with Gasteiger partial charge in [-0.2, -0.15) is 0 Å². The van der Waals surface area contributed by atoms with Crippen molar-refractivity contribution >= 4 is 11.9 Å². The third-order valence-electron chi connectivity index (χ3n) is 2.84. The van der Waals surface area contributed by atoms with Crippen LogP contribution in [0.1, 0.15) is 18.0 Å². The highest BCUT2D eigenvalue weighted by Crippen LogP contribution is 2.19. The summed E-state index contributed by atoms with van der Waals surface area (Å²) in [4.78, 5) is 22.9. The van der Waals surface area contributed by atoms with E-state index in [2.05, 4.69) is 10.1 Å². The maximum absolute atomic E-state index is 11.7. The number of hydrogen-bond acceptors (Lipinski definition) is 5. The molecule has 1 aromatic carbocycles. The number of methoxy groups -OCH3 is 1. The van der Waals surface area contributed by atoms with Crippen molar-refractivity contribution in [2.24, 2.45) is 0 Å². The van der Waals surface area contributed by atoms with Crippen molar-refractivity contribution in [3.8, 4) is 0 Å². The van der Waals surface area contributed by atoms with Gasteiger partial charge in [0.2, 0.25) is 0 Å². The van der Waals surface area contributed by atoms with Gasteiger partial charge in [-0.3, -0.25) is 10.1 Å². The molecule has 2 atom stereocenters. The van der Waals surface area contributed by atoms with E-state index in [4.69, 9.17) is 4.74 Å². The van der Waals surface area contributed by atoms with Crippen LogP contribution in [-0.2, 0) is 19.1 Å². The van der Waals surface area contributed by atoms with Crippen molar-refractivity contribution in [3.05, 3.63) is 35.9 Å². The summed E-state index contributed by atoms with van der Waals surface area (Å²) in [5.74, 6) is -0.639. The normalized spacial score (nSPS) is 23.3. The third kappa shape index (κ3) is 2.87. The summed E-state index contributed by atoms with van der Waals surface area (Å²) in [6.07, 6.45) is 0.188. The van der Waals surface area contributed by atoms with Crippen molar-refractivity contribution < 1.29 is 19.1 Å². The minimum absolute atomic E-state index is 0.188. The molecule has 0 radical (unpaired) electrons. The van der Waals surface area contributed by atoms with Crippen LogP contribution in [0.5, 0.6) is 0 Å². The number of nitrogens with one attached hydrogen (secondary N) is 1. The van der Waals surface area contributed by atoms with Crippen LogP contribution < -0.4 is 5.32 Å². The first-order valence-corrected chi connectivity index (χ1v) is 5.75. The minimum Gasteiger partial charge on any atom is -0.469 e. The van der Waals surface area contributed by atoms with Crippen LogP contribution in [0.15, 0.2) is 30.3 Å². The van der Waals surface area contributed by atoms with Gasteiger partial charge in [-0.15, -0.1) is 0 Å². The Balaban J connectivity index is 2.06. The largest absolute Gasteiger partial charge is 0.469 e. The molecule has 1 fully saturated rings. The highest BCUT2D eigenvalue weighted by atomic mass is 16.5. The molecule has 0 spiro atoms. The van der Waals surface area contributed by atoms with Crippen LogP contribution in [0.4, 0.5) is 0 Å². The van der Waals surface area contributed by atoms with Crippen LogP contribution >= 0.6 is 0 Å². The second-order valence-electron chi connectivity index (χ2n) is 4.12. The fraction of sp³-hybridized carbons (Fsp3) is 0.385. The Morgan fingerprint density at radius 2 is 2.17 bits per heavy atom. The molecule has 0 saturated carbocycles. The molecular weight excluding hydrogens is 234 g/mol. The minimum atomic E-state index is -0.519. The number of morpholine rings is 1. The summed E-state index contributed by atoms with van der Waals surface area (Å²) in [7, 11) is 1.34. The molecule has 1 aliphatic heterocycles. The maximum atomic E-state index is 11.7. The van der Waals surface area contributed by atoms with Crippen molar-refractivity contribution in [2.75, 3.05) is 13.7 Å². The molecule has 5 nitrogen and oxygen atoms in total. The predicted octanol–water partition coefficient (Wildman–Crippen LogP) is 0.806. The molecule has 0 amide bonds. The fourth-order valence-electron chi connectivity index (χ4n) is 1.90. The van der Waals surface area contributed by atoms with Gasteiger partial charge < -0.3 is 9.47 Å². The van der Waals surface area contributed by atoms with E-state index in [-0.39, 0.29) is 31.0 Å². The number of esters is 2. The summed E-state index contributed by atoms with van der Waals surface area (Å²) in [6.45, 7) is 0.192. The van der Waals surface area contributed by atoms with Crippen LogP contribution in [0.2, 0.25) is 0 Å². The molecule has 18 heavy (non-hydrogen) atoms. The van der Waals surface area contributed by atoms with Gasteiger partial charge in [0.05, 0.1) is 19.6 Å². The smallest absolute Gasteiger partial charge is 0.327 e. The zero-order valence-electron chi connectivity index (χ0n) is 10.1. The Hall–Kier alpha value is -1.88. The van der Waals surface area contributed by atoms with E-state index in [1.54, 1.807) is 0 Å². The summed E-state index contributed by atoms with van der Waals surface area (Å²) in [6, 6.07) is 8.56. The Bertz CT molecular complexity index is 432. The van der Waals surface area contributed by atoms with E-state index in [9.17, 15) is 9.59 Å². The monoisotopic (exact) mass is 249 g/mol. The molecular formula is C13H15NO4. The second kappa shape index (κ2) is 5.64. The Kier molecular flexibility index (Phi) is 3.94. The number of rotatable bonds is 3. The van der Waals surface area contributed by atoms with E-state index >= 15 is 0 Å². The van der Waals surface area contributed by atoms with Gasteiger partial charge in [0.1, 0.15) is 12.6 Å². The summed E-state index contributed by atoms with van der Waals surface area (Å²) in [5.41, 5.74) is 0.831. The van der Waals surface area contributed by atoms with Crippen LogP contribution in [0, 0.1) is 0 Å². The number of benzene rings is 1. The van der Waals surface area contributed by atoms with Gasteiger partial charge in [0.15, 0.2) is 0 Å². The van der Waals surface area contributed by atoms with Gasteiger partial charge in [0.25, 0.3) is 0 Å². The van der Waals surface area contributed by atoms with Gasteiger partial charge in [0, 0.05) is 0 Å². The number of hydrogen-bond donors (Lipinski definition) is 1. The lowest BCUT2D eigenvalue weighted by molar-refractivity contribution is -0.154. The molecule has 1 N–H and O–H groups in total. The van der Waals surface area contributed by atoms with Crippen LogP contribution in [-0.4, -0.2) is 31.7 Å². The maximum Gasteiger partial charge on any atom is 0.327 e. The van der Waals surface area contributed by atoms with E-state index in [1.165, 1.54) is 7.11 Å². The summed E-state index contributed by atoms with van der Waals surface area (Å²) < 4.78 is 9.70. The lowest BCUT2D eigenvalue weighted by atomic mass is 10.0. The molecule has 0 aliphatic carbocycles. The van der Waals surface area contributed by atoms with Crippen molar-refractivity contribution in [1.29, 1.82) is 0 Å². The number of carbonyl (C=O) groups is 2. The van der Waals surface area contributed by atoms with Crippen LogP contribution in [0.3, 0.4) is 0 Å². The Morgan fingerprint density at radius 3 is 2.83 bits per heavy atom. The second-order valence-corrected chi connectivity index (χ2v) is 4.12.